The molecule has 0 bridgehead atoms. The van der Waals surface area contributed by atoms with Crippen molar-refractivity contribution >= 4 is 0 Å². The average molecular weight is 208 g/mol. The van der Waals surface area contributed by atoms with Crippen molar-refractivity contribution in [3.63, 3.8) is 0 Å². The van der Waals surface area contributed by atoms with E-state index in [0.717, 1.165) is 39.3 Å². The standard InChI is InChI=1S/C6H15N3.C5H5N/c7-1-4-9-5-2-8-3-6-9;1-2-4-6-5-3-1/h8H,1-7H2;1-5H. The minimum atomic E-state index is 0.792. The lowest BCUT2D eigenvalue weighted by Gasteiger charge is -2.26. The van der Waals surface area contributed by atoms with Gasteiger partial charge >= 0.3 is 0 Å². The first kappa shape index (κ1) is 12.1. The summed E-state index contributed by atoms with van der Waals surface area (Å²) < 4.78 is 0. The fourth-order valence-electron chi connectivity index (χ4n) is 1.43. The summed E-state index contributed by atoms with van der Waals surface area (Å²) in [4.78, 5) is 6.17. The highest BCUT2D eigenvalue weighted by Gasteiger charge is 2.06. The van der Waals surface area contributed by atoms with E-state index in [1.54, 1.807) is 12.4 Å². The van der Waals surface area contributed by atoms with Crippen LogP contribution in [-0.4, -0.2) is 49.2 Å². The normalized spacial score (nSPS) is 16.6. The molecule has 0 saturated carbocycles. The first-order valence-corrected chi connectivity index (χ1v) is 5.41. The second kappa shape index (κ2) is 8.35. The van der Waals surface area contributed by atoms with E-state index in [-0.39, 0.29) is 0 Å². The van der Waals surface area contributed by atoms with Gasteiger partial charge in [-0.1, -0.05) is 6.07 Å². The molecule has 1 aromatic rings. The van der Waals surface area contributed by atoms with Crippen molar-refractivity contribution in [3.8, 4) is 0 Å². The van der Waals surface area contributed by atoms with Gasteiger partial charge in [0.1, 0.15) is 0 Å². The number of nitrogens with two attached hydrogens (primary N) is 1. The van der Waals surface area contributed by atoms with E-state index in [1.807, 2.05) is 18.2 Å². The molecule has 0 amide bonds. The number of piperazine rings is 1. The number of aromatic nitrogens is 1. The highest BCUT2D eigenvalue weighted by atomic mass is 15.2. The van der Waals surface area contributed by atoms with E-state index < -0.39 is 0 Å². The molecule has 0 atom stereocenters. The molecule has 4 nitrogen and oxygen atoms in total. The van der Waals surface area contributed by atoms with E-state index in [1.165, 1.54) is 0 Å². The fourth-order valence-corrected chi connectivity index (χ4v) is 1.43. The number of rotatable bonds is 2. The molecule has 15 heavy (non-hydrogen) atoms. The first-order valence-electron chi connectivity index (χ1n) is 5.41. The van der Waals surface area contributed by atoms with Gasteiger partial charge in [0.25, 0.3) is 0 Å². The number of nitrogens with one attached hydrogen (secondary N) is 1. The molecule has 1 saturated heterocycles. The van der Waals surface area contributed by atoms with Crippen LogP contribution in [0.2, 0.25) is 0 Å². The molecule has 0 radical (unpaired) electrons. The Bertz CT molecular complexity index is 192. The van der Waals surface area contributed by atoms with E-state index in [0.29, 0.717) is 0 Å². The lowest BCUT2D eigenvalue weighted by Crippen LogP contribution is -2.45. The van der Waals surface area contributed by atoms with Gasteiger partial charge in [-0.15, -0.1) is 0 Å². The molecule has 84 valence electrons. The third-order valence-corrected chi connectivity index (χ3v) is 2.22. The molecule has 1 aliphatic rings. The highest BCUT2D eigenvalue weighted by molar-refractivity contribution is 4.88. The molecule has 3 N–H and O–H groups in total. The molecule has 0 unspecified atom stereocenters. The van der Waals surface area contributed by atoms with Crippen LogP contribution in [0, 0.1) is 0 Å². The Kier molecular flexibility index (Phi) is 6.73. The van der Waals surface area contributed by atoms with Gasteiger partial charge in [0.2, 0.25) is 0 Å². The Morgan fingerprint density at radius 2 is 1.80 bits per heavy atom. The Morgan fingerprint density at radius 1 is 1.13 bits per heavy atom. The fraction of sp³-hybridized carbons (Fsp3) is 0.545. The molecule has 1 fully saturated rings. The number of hydrogen-bond donors (Lipinski definition) is 2. The predicted octanol–water partition coefficient (Wildman–Crippen LogP) is -0.0681. The molecular formula is C11H20N4. The minimum absolute atomic E-state index is 0.792. The zero-order valence-electron chi connectivity index (χ0n) is 9.10. The van der Waals surface area contributed by atoms with E-state index in [2.05, 4.69) is 15.2 Å². The Balaban J connectivity index is 0.000000162. The first-order chi connectivity index (χ1) is 7.43. The van der Waals surface area contributed by atoms with Gasteiger partial charge in [0, 0.05) is 51.7 Å². The Labute approximate surface area is 91.5 Å². The number of nitrogens with zero attached hydrogens (tertiary/aromatic N) is 2. The molecule has 1 aliphatic heterocycles. The van der Waals surface area contributed by atoms with Crippen LogP contribution in [0.4, 0.5) is 0 Å². The number of hydrogen-bond acceptors (Lipinski definition) is 4. The smallest absolute Gasteiger partial charge is 0.0267 e. The predicted molar refractivity (Wildman–Crippen MR) is 62.6 cm³/mol. The molecule has 0 spiro atoms. The topological polar surface area (TPSA) is 54.2 Å². The highest BCUT2D eigenvalue weighted by Crippen LogP contribution is 1.88. The Hall–Kier alpha value is -0.970. The van der Waals surface area contributed by atoms with Crippen LogP contribution in [0.5, 0.6) is 0 Å². The summed E-state index contributed by atoms with van der Waals surface area (Å²) in [6.07, 6.45) is 3.50. The van der Waals surface area contributed by atoms with Crippen molar-refractivity contribution in [2.75, 3.05) is 39.3 Å². The van der Waals surface area contributed by atoms with Crippen LogP contribution >= 0.6 is 0 Å². The van der Waals surface area contributed by atoms with Crippen molar-refractivity contribution in [2.24, 2.45) is 5.73 Å². The summed E-state index contributed by atoms with van der Waals surface area (Å²) in [6, 6.07) is 5.72. The van der Waals surface area contributed by atoms with Crippen molar-refractivity contribution in [2.45, 2.75) is 0 Å². The van der Waals surface area contributed by atoms with Gasteiger partial charge in [0.15, 0.2) is 0 Å². The van der Waals surface area contributed by atoms with Crippen LogP contribution in [0.25, 0.3) is 0 Å². The summed E-state index contributed by atoms with van der Waals surface area (Å²) in [5.41, 5.74) is 5.40. The van der Waals surface area contributed by atoms with Gasteiger partial charge in [0.05, 0.1) is 0 Å². The molecule has 0 aliphatic carbocycles. The quantitative estimate of drug-likeness (QED) is 0.714. The van der Waals surface area contributed by atoms with Crippen molar-refractivity contribution in [3.05, 3.63) is 30.6 Å². The van der Waals surface area contributed by atoms with Crippen LogP contribution in [0.15, 0.2) is 30.6 Å². The van der Waals surface area contributed by atoms with Crippen LogP contribution in [0.1, 0.15) is 0 Å². The maximum atomic E-state index is 5.40. The second-order valence-electron chi connectivity index (χ2n) is 3.40. The SMILES string of the molecule is NCCN1CCNCC1.c1ccncc1. The minimum Gasteiger partial charge on any atom is -0.329 e. The van der Waals surface area contributed by atoms with Crippen molar-refractivity contribution in [1.82, 2.24) is 15.2 Å². The van der Waals surface area contributed by atoms with Gasteiger partial charge in [-0.2, -0.15) is 0 Å². The monoisotopic (exact) mass is 208 g/mol. The van der Waals surface area contributed by atoms with Crippen LogP contribution in [0.3, 0.4) is 0 Å². The van der Waals surface area contributed by atoms with E-state index in [4.69, 9.17) is 5.73 Å². The van der Waals surface area contributed by atoms with Crippen molar-refractivity contribution < 1.29 is 0 Å². The molecule has 2 rings (SSSR count). The summed E-state index contributed by atoms with van der Waals surface area (Å²) >= 11 is 0. The summed E-state index contributed by atoms with van der Waals surface area (Å²) in [5, 5.41) is 3.29. The maximum absolute atomic E-state index is 5.40. The lowest BCUT2D eigenvalue weighted by atomic mass is 10.3. The Morgan fingerprint density at radius 3 is 2.20 bits per heavy atom. The average Bonchev–Trinajstić information content (AvgIpc) is 2.34. The van der Waals surface area contributed by atoms with Gasteiger partial charge in [-0.3, -0.25) is 9.88 Å². The summed E-state index contributed by atoms with van der Waals surface area (Å²) in [5.74, 6) is 0. The van der Waals surface area contributed by atoms with Gasteiger partial charge in [-0.05, 0) is 12.1 Å². The third kappa shape index (κ3) is 6.17. The van der Waals surface area contributed by atoms with E-state index >= 15 is 0 Å². The summed E-state index contributed by atoms with van der Waals surface area (Å²) in [6.45, 7) is 6.43. The van der Waals surface area contributed by atoms with Crippen LogP contribution in [-0.2, 0) is 0 Å². The summed E-state index contributed by atoms with van der Waals surface area (Å²) in [7, 11) is 0. The lowest BCUT2D eigenvalue weighted by molar-refractivity contribution is 0.247. The zero-order chi connectivity index (χ0) is 10.8. The second-order valence-corrected chi connectivity index (χ2v) is 3.40. The van der Waals surface area contributed by atoms with Gasteiger partial charge < -0.3 is 11.1 Å². The number of pyridine rings is 1. The molecule has 0 aromatic carbocycles. The van der Waals surface area contributed by atoms with Gasteiger partial charge in [-0.25, -0.2) is 0 Å². The largest absolute Gasteiger partial charge is 0.329 e. The molecule has 4 heteroatoms. The molecule has 2 heterocycles. The van der Waals surface area contributed by atoms with E-state index in [9.17, 15) is 0 Å². The zero-order valence-corrected chi connectivity index (χ0v) is 9.10. The van der Waals surface area contributed by atoms with Crippen molar-refractivity contribution in [1.29, 1.82) is 0 Å². The maximum Gasteiger partial charge on any atom is 0.0267 e. The molecule has 1 aromatic heterocycles. The third-order valence-electron chi connectivity index (χ3n) is 2.22. The molecular weight excluding hydrogens is 188 g/mol. The van der Waals surface area contributed by atoms with Crippen LogP contribution < -0.4 is 11.1 Å².